The van der Waals surface area contributed by atoms with E-state index in [2.05, 4.69) is 21.8 Å². The SMILES string of the molecule is CCc1cc(C(=O)NC2CC3(CN(C(=O)C(C)CC)C3)n3ccnc32)oc1CC. The van der Waals surface area contributed by atoms with Crippen molar-refractivity contribution in [2.45, 2.75) is 65.0 Å². The number of nitrogens with zero attached hydrogens (tertiary/aromatic N) is 3. The Morgan fingerprint density at radius 1 is 1.31 bits per heavy atom. The zero-order valence-electron chi connectivity index (χ0n) is 17.7. The number of furan rings is 1. The van der Waals surface area contributed by atoms with Crippen molar-refractivity contribution < 1.29 is 14.0 Å². The second-order valence-electron chi connectivity index (χ2n) is 8.38. The lowest BCUT2D eigenvalue weighted by Crippen LogP contribution is -2.63. The lowest BCUT2D eigenvalue weighted by molar-refractivity contribution is -0.146. The van der Waals surface area contributed by atoms with Gasteiger partial charge in [-0.15, -0.1) is 0 Å². The Balaban J connectivity index is 1.48. The number of aromatic nitrogens is 2. The van der Waals surface area contributed by atoms with Gasteiger partial charge in [0.05, 0.1) is 11.6 Å². The van der Waals surface area contributed by atoms with Crippen molar-refractivity contribution in [3.63, 3.8) is 0 Å². The van der Waals surface area contributed by atoms with Crippen molar-refractivity contribution >= 4 is 11.8 Å². The number of carbonyl (C=O) groups is 2. The molecule has 2 aromatic rings. The first-order valence-electron chi connectivity index (χ1n) is 10.7. The second-order valence-corrected chi connectivity index (χ2v) is 8.38. The molecule has 4 rings (SSSR count). The highest BCUT2D eigenvalue weighted by molar-refractivity contribution is 5.92. The van der Waals surface area contributed by atoms with E-state index < -0.39 is 0 Å². The Morgan fingerprint density at radius 3 is 2.69 bits per heavy atom. The van der Waals surface area contributed by atoms with Gasteiger partial charge in [0.1, 0.15) is 11.6 Å². The number of amides is 2. The Bertz CT molecular complexity index is 901. The van der Waals surface area contributed by atoms with E-state index in [0.717, 1.165) is 42.8 Å². The minimum Gasteiger partial charge on any atom is -0.456 e. The molecule has 1 spiro atoms. The van der Waals surface area contributed by atoms with E-state index in [9.17, 15) is 9.59 Å². The van der Waals surface area contributed by atoms with E-state index in [4.69, 9.17) is 4.42 Å². The summed E-state index contributed by atoms with van der Waals surface area (Å²) in [5.41, 5.74) is 0.916. The van der Waals surface area contributed by atoms with Gasteiger partial charge in [-0.05, 0) is 24.5 Å². The monoisotopic (exact) mass is 398 g/mol. The third-order valence-electron chi connectivity index (χ3n) is 6.52. The van der Waals surface area contributed by atoms with Crippen molar-refractivity contribution in [2.75, 3.05) is 13.1 Å². The number of aryl methyl sites for hydroxylation is 2. The van der Waals surface area contributed by atoms with Gasteiger partial charge in [0.15, 0.2) is 5.76 Å². The van der Waals surface area contributed by atoms with Crippen LogP contribution in [-0.4, -0.2) is 39.4 Å². The van der Waals surface area contributed by atoms with Gasteiger partial charge in [0.25, 0.3) is 5.91 Å². The number of likely N-dealkylation sites (tertiary alicyclic amines) is 1. The first-order valence-corrected chi connectivity index (χ1v) is 10.7. The van der Waals surface area contributed by atoms with Crippen molar-refractivity contribution in [2.24, 2.45) is 5.92 Å². The fourth-order valence-electron chi connectivity index (χ4n) is 4.65. The quantitative estimate of drug-likeness (QED) is 0.811. The standard InChI is InChI=1S/C22H30N4O3/c1-5-14(4)21(28)25-12-22(13-25)11-16(19-23-8-9-26(19)22)24-20(27)18-10-15(6-2)17(7-3)29-18/h8-10,14,16H,5-7,11-13H2,1-4H3,(H,24,27). The van der Waals surface area contributed by atoms with Gasteiger partial charge in [-0.3, -0.25) is 9.59 Å². The highest BCUT2D eigenvalue weighted by Crippen LogP contribution is 2.45. The largest absolute Gasteiger partial charge is 0.456 e. The highest BCUT2D eigenvalue weighted by atomic mass is 16.4. The van der Waals surface area contributed by atoms with Crippen LogP contribution in [0.4, 0.5) is 0 Å². The lowest BCUT2D eigenvalue weighted by Gasteiger charge is -2.49. The maximum absolute atomic E-state index is 12.8. The minimum atomic E-state index is -0.206. The van der Waals surface area contributed by atoms with Crippen LogP contribution in [0.3, 0.4) is 0 Å². The molecule has 2 amide bonds. The molecule has 29 heavy (non-hydrogen) atoms. The van der Waals surface area contributed by atoms with Crippen LogP contribution in [0.5, 0.6) is 0 Å². The van der Waals surface area contributed by atoms with Gasteiger partial charge in [0.2, 0.25) is 5.91 Å². The molecule has 2 atom stereocenters. The molecule has 0 aromatic carbocycles. The van der Waals surface area contributed by atoms with E-state index in [-0.39, 0.29) is 29.3 Å². The average Bonchev–Trinajstić information content (AvgIpc) is 3.40. The molecule has 0 bridgehead atoms. The van der Waals surface area contributed by atoms with E-state index in [1.54, 1.807) is 6.20 Å². The highest BCUT2D eigenvalue weighted by Gasteiger charge is 2.54. The van der Waals surface area contributed by atoms with E-state index >= 15 is 0 Å². The van der Waals surface area contributed by atoms with Crippen LogP contribution < -0.4 is 5.32 Å². The lowest BCUT2D eigenvalue weighted by atomic mass is 9.85. The molecule has 0 radical (unpaired) electrons. The summed E-state index contributed by atoms with van der Waals surface area (Å²) in [5, 5.41) is 3.11. The molecule has 2 unspecified atom stereocenters. The van der Waals surface area contributed by atoms with Crippen LogP contribution >= 0.6 is 0 Å². The number of hydrogen-bond donors (Lipinski definition) is 1. The van der Waals surface area contributed by atoms with Gasteiger partial charge in [0, 0.05) is 44.2 Å². The molecule has 1 saturated heterocycles. The summed E-state index contributed by atoms with van der Waals surface area (Å²) in [7, 11) is 0. The fraction of sp³-hybridized carbons (Fsp3) is 0.591. The van der Waals surface area contributed by atoms with E-state index in [1.165, 1.54) is 0 Å². The van der Waals surface area contributed by atoms with Gasteiger partial charge in [-0.1, -0.05) is 27.7 Å². The first kappa shape index (κ1) is 19.7. The maximum Gasteiger partial charge on any atom is 0.287 e. The van der Waals surface area contributed by atoms with Gasteiger partial charge < -0.3 is 19.2 Å². The summed E-state index contributed by atoms with van der Waals surface area (Å²) < 4.78 is 7.93. The summed E-state index contributed by atoms with van der Waals surface area (Å²) in [6, 6.07) is 1.67. The molecule has 156 valence electrons. The molecule has 4 heterocycles. The third-order valence-corrected chi connectivity index (χ3v) is 6.52. The molecule has 2 aromatic heterocycles. The smallest absolute Gasteiger partial charge is 0.287 e. The normalized spacial score (nSPS) is 20.4. The molecular weight excluding hydrogens is 368 g/mol. The Kier molecular flexibility index (Phi) is 5.00. The molecule has 7 nitrogen and oxygen atoms in total. The molecular formula is C22H30N4O3. The summed E-state index contributed by atoms with van der Waals surface area (Å²) in [6.07, 6.45) is 6.94. The molecule has 0 saturated carbocycles. The molecule has 1 fully saturated rings. The van der Waals surface area contributed by atoms with Crippen LogP contribution in [0.15, 0.2) is 22.9 Å². The number of imidazole rings is 1. The topological polar surface area (TPSA) is 80.4 Å². The fourth-order valence-corrected chi connectivity index (χ4v) is 4.65. The maximum atomic E-state index is 12.8. The Morgan fingerprint density at radius 2 is 2.07 bits per heavy atom. The average molecular weight is 399 g/mol. The molecule has 2 aliphatic heterocycles. The number of hydrogen-bond acceptors (Lipinski definition) is 4. The van der Waals surface area contributed by atoms with Crippen molar-refractivity contribution in [3.8, 4) is 0 Å². The molecule has 0 aliphatic carbocycles. The third kappa shape index (κ3) is 3.16. The van der Waals surface area contributed by atoms with Gasteiger partial charge >= 0.3 is 0 Å². The number of rotatable bonds is 6. The van der Waals surface area contributed by atoms with Crippen molar-refractivity contribution in [3.05, 3.63) is 41.4 Å². The molecule has 7 heteroatoms. The zero-order chi connectivity index (χ0) is 20.8. The van der Waals surface area contributed by atoms with Gasteiger partial charge in [-0.2, -0.15) is 0 Å². The summed E-state index contributed by atoms with van der Waals surface area (Å²) in [4.78, 5) is 31.8. The van der Waals surface area contributed by atoms with E-state index in [0.29, 0.717) is 18.8 Å². The Hall–Kier alpha value is -2.57. The van der Waals surface area contributed by atoms with Crippen molar-refractivity contribution in [1.82, 2.24) is 19.8 Å². The zero-order valence-corrected chi connectivity index (χ0v) is 17.7. The van der Waals surface area contributed by atoms with Crippen LogP contribution in [0, 0.1) is 5.92 Å². The summed E-state index contributed by atoms with van der Waals surface area (Å²) in [6.45, 7) is 9.45. The molecule has 2 aliphatic rings. The van der Waals surface area contributed by atoms with Crippen LogP contribution in [0.1, 0.15) is 74.3 Å². The first-order chi connectivity index (χ1) is 13.9. The summed E-state index contributed by atoms with van der Waals surface area (Å²) in [5.74, 6) is 2.14. The second kappa shape index (κ2) is 7.35. The predicted octanol–water partition coefficient (Wildman–Crippen LogP) is 3.06. The van der Waals surface area contributed by atoms with Crippen LogP contribution in [-0.2, 0) is 23.2 Å². The minimum absolute atomic E-state index is 0.0472. The van der Waals surface area contributed by atoms with Gasteiger partial charge in [-0.25, -0.2) is 4.98 Å². The van der Waals surface area contributed by atoms with Crippen LogP contribution in [0.2, 0.25) is 0 Å². The van der Waals surface area contributed by atoms with Crippen molar-refractivity contribution in [1.29, 1.82) is 0 Å². The van der Waals surface area contributed by atoms with E-state index in [1.807, 2.05) is 37.9 Å². The summed E-state index contributed by atoms with van der Waals surface area (Å²) >= 11 is 0. The van der Waals surface area contributed by atoms with Crippen LogP contribution in [0.25, 0.3) is 0 Å². The number of fused-ring (bicyclic) bond motifs is 2. The number of carbonyl (C=O) groups excluding carboxylic acids is 2. The Labute approximate surface area is 171 Å². The molecule has 1 N–H and O–H groups in total. The number of nitrogens with one attached hydrogen (secondary N) is 1. The predicted molar refractivity (Wildman–Crippen MR) is 109 cm³/mol.